The van der Waals surface area contributed by atoms with Gasteiger partial charge in [0.15, 0.2) is 0 Å². The Bertz CT molecular complexity index is 609. The van der Waals surface area contributed by atoms with Gasteiger partial charge in [-0.05, 0) is 30.5 Å². The summed E-state index contributed by atoms with van der Waals surface area (Å²) in [5.41, 5.74) is 10.3. The van der Waals surface area contributed by atoms with Crippen molar-refractivity contribution in [1.29, 1.82) is 0 Å². The maximum atomic E-state index is 11.6. The number of halogens is 1. The van der Waals surface area contributed by atoms with E-state index in [0.29, 0.717) is 13.0 Å². The second kappa shape index (κ2) is 8.57. The van der Waals surface area contributed by atoms with Gasteiger partial charge in [0.2, 0.25) is 5.91 Å². The van der Waals surface area contributed by atoms with Gasteiger partial charge in [-0.1, -0.05) is 54.1 Å². The highest BCUT2D eigenvalue weighted by Gasteiger charge is 2.04. The zero-order chi connectivity index (χ0) is 15.2. The van der Waals surface area contributed by atoms with Crippen molar-refractivity contribution in [3.05, 3.63) is 59.7 Å². The molecule has 2 aromatic rings. The summed E-state index contributed by atoms with van der Waals surface area (Å²) < 4.78 is 0. The van der Waals surface area contributed by atoms with Crippen molar-refractivity contribution in [2.75, 3.05) is 0 Å². The van der Waals surface area contributed by atoms with E-state index in [1.807, 2.05) is 19.1 Å². The average Bonchev–Trinajstić information content (AvgIpc) is 2.45. The summed E-state index contributed by atoms with van der Waals surface area (Å²) in [4.78, 5) is 11.6. The fraction of sp³-hybridized carbons (Fsp3) is 0.278. The maximum absolute atomic E-state index is 11.6. The van der Waals surface area contributed by atoms with Crippen molar-refractivity contribution >= 4 is 18.3 Å². The van der Waals surface area contributed by atoms with Crippen LogP contribution in [0.1, 0.15) is 24.5 Å². The summed E-state index contributed by atoms with van der Waals surface area (Å²) in [6.45, 7) is 4.46. The van der Waals surface area contributed by atoms with Crippen LogP contribution in [0.3, 0.4) is 0 Å². The number of amides is 1. The number of carbonyl (C=O) groups excluding carboxylic acids is 1. The monoisotopic (exact) mass is 318 g/mol. The van der Waals surface area contributed by atoms with E-state index in [2.05, 4.69) is 48.6 Å². The molecule has 0 aliphatic carbocycles. The fourth-order valence-corrected chi connectivity index (χ4v) is 2.20. The molecule has 0 aromatic heterocycles. The van der Waals surface area contributed by atoms with Gasteiger partial charge in [-0.2, -0.15) is 0 Å². The number of hydrogen-bond donors (Lipinski definition) is 2. The minimum absolute atomic E-state index is 0. The van der Waals surface area contributed by atoms with Gasteiger partial charge in [-0.3, -0.25) is 4.79 Å². The van der Waals surface area contributed by atoms with Crippen molar-refractivity contribution < 1.29 is 4.79 Å². The number of nitrogens with two attached hydrogens (primary N) is 1. The minimum Gasteiger partial charge on any atom is -0.352 e. The standard InChI is InChI=1S/C18H22N2O.ClH/c1-13-4-3-5-17(10-13)16-8-6-15(7-9-16)12-20-18(21)11-14(2)19;/h3-10,14H,11-12,19H2,1-2H3,(H,20,21);1H. The molecule has 3 N–H and O–H groups in total. The molecule has 1 unspecified atom stereocenters. The van der Waals surface area contributed by atoms with Crippen LogP contribution in [0, 0.1) is 6.92 Å². The first kappa shape index (κ1) is 18.2. The Morgan fingerprint density at radius 1 is 1.14 bits per heavy atom. The highest BCUT2D eigenvalue weighted by molar-refractivity contribution is 5.85. The zero-order valence-electron chi connectivity index (χ0n) is 13.0. The molecule has 1 atom stereocenters. The lowest BCUT2D eigenvalue weighted by Crippen LogP contribution is -2.29. The Hall–Kier alpha value is -1.84. The van der Waals surface area contributed by atoms with E-state index in [-0.39, 0.29) is 24.4 Å². The predicted molar refractivity (Wildman–Crippen MR) is 94.0 cm³/mol. The van der Waals surface area contributed by atoms with Crippen molar-refractivity contribution in [1.82, 2.24) is 5.32 Å². The van der Waals surface area contributed by atoms with Gasteiger partial charge in [0.05, 0.1) is 0 Å². The summed E-state index contributed by atoms with van der Waals surface area (Å²) >= 11 is 0. The molecule has 0 heterocycles. The number of carbonyl (C=O) groups is 1. The molecule has 0 saturated carbocycles. The van der Waals surface area contributed by atoms with Gasteiger partial charge in [-0.15, -0.1) is 12.4 Å². The second-order valence-electron chi connectivity index (χ2n) is 5.52. The first-order valence-electron chi connectivity index (χ1n) is 7.23. The third kappa shape index (κ3) is 5.51. The minimum atomic E-state index is -0.103. The largest absolute Gasteiger partial charge is 0.352 e. The second-order valence-corrected chi connectivity index (χ2v) is 5.52. The molecular weight excluding hydrogens is 296 g/mol. The first-order chi connectivity index (χ1) is 10.0. The topological polar surface area (TPSA) is 55.1 Å². The SMILES string of the molecule is Cc1cccc(-c2ccc(CNC(=O)CC(C)N)cc2)c1.Cl. The van der Waals surface area contributed by atoms with Crippen LogP contribution < -0.4 is 11.1 Å². The van der Waals surface area contributed by atoms with E-state index >= 15 is 0 Å². The van der Waals surface area contributed by atoms with E-state index in [9.17, 15) is 4.79 Å². The lowest BCUT2D eigenvalue weighted by atomic mass is 10.0. The van der Waals surface area contributed by atoms with Crippen LogP contribution in [0.2, 0.25) is 0 Å². The fourth-order valence-electron chi connectivity index (χ4n) is 2.20. The van der Waals surface area contributed by atoms with Crippen molar-refractivity contribution in [2.24, 2.45) is 5.73 Å². The predicted octanol–water partition coefficient (Wildman–Crippen LogP) is 3.44. The Balaban J connectivity index is 0.00000242. The Morgan fingerprint density at radius 3 is 2.41 bits per heavy atom. The van der Waals surface area contributed by atoms with Crippen LogP contribution in [0.5, 0.6) is 0 Å². The van der Waals surface area contributed by atoms with Crippen molar-refractivity contribution in [2.45, 2.75) is 32.9 Å². The van der Waals surface area contributed by atoms with E-state index in [4.69, 9.17) is 5.73 Å². The third-order valence-corrected chi connectivity index (χ3v) is 3.30. The van der Waals surface area contributed by atoms with Gasteiger partial charge in [0.1, 0.15) is 0 Å². The maximum Gasteiger partial charge on any atom is 0.221 e. The molecule has 2 rings (SSSR count). The van der Waals surface area contributed by atoms with Gasteiger partial charge in [-0.25, -0.2) is 0 Å². The summed E-state index contributed by atoms with van der Waals surface area (Å²) in [5.74, 6) is -0.00670. The van der Waals surface area contributed by atoms with Gasteiger partial charge in [0.25, 0.3) is 0 Å². The molecule has 0 spiro atoms. The molecule has 22 heavy (non-hydrogen) atoms. The van der Waals surface area contributed by atoms with Gasteiger partial charge < -0.3 is 11.1 Å². The van der Waals surface area contributed by atoms with E-state index < -0.39 is 0 Å². The van der Waals surface area contributed by atoms with Crippen molar-refractivity contribution in [3.8, 4) is 11.1 Å². The molecule has 0 radical (unpaired) electrons. The Morgan fingerprint density at radius 2 is 1.82 bits per heavy atom. The molecule has 4 heteroatoms. The van der Waals surface area contributed by atoms with Crippen molar-refractivity contribution in [3.63, 3.8) is 0 Å². The van der Waals surface area contributed by atoms with Crippen LogP contribution in [0.25, 0.3) is 11.1 Å². The molecule has 0 aliphatic rings. The van der Waals surface area contributed by atoms with E-state index in [0.717, 1.165) is 5.56 Å². The van der Waals surface area contributed by atoms with Crippen LogP contribution in [-0.2, 0) is 11.3 Å². The highest BCUT2D eigenvalue weighted by Crippen LogP contribution is 2.20. The summed E-state index contributed by atoms with van der Waals surface area (Å²) in [5, 5.41) is 2.88. The van der Waals surface area contributed by atoms with E-state index in [1.54, 1.807) is 0 Å². The summed E-state index contributed by atoms with van der Waals surface area (Å²) in [6.07, 6.45) is 0.362. The summed E-state index contributed by atoms with van der Waals surface area (Å²) in [6, 6.07) is 16.6. The van der Waals surface area contributed by atoms with E-state index in [1.165, 1.54) is 16.7 Å². The van der Waals surface area contributed by atoms with Crippen LogP contribution in [0.4, 0.5) is 0 Å². The number of rotatable bonds is 5. The molecule has 0 fully saturated rings. The van der Waals surface area contributed by atoms with Gasteiger partial charge >= 0.3 is 0 Å². The summed E-state index contributed by atoms with van der Waals surface area (Å²) in [7, 11) is 0. The molecule has 1 amide bonds. The molecule has 0 aliphatic heterocycles. The van der Waals surface area contributed by atoms with Crippen LogP contribution in [0.15, 0.2) is 48.5 Å². The Labute approximate surface area is 138 Å². The van der Waals surface area contributed by atoms with Crippen LogP contribution in [-0.4, -0.2) is 11.9 Å². The highest BCUT2D eigenvalue weighted by atomic mass is 35.5. The molecule has 118 valence electrons. The van der Waals surface area contributed by atoms with Gasteiger partial charge in [0, 0.05) is 19.0 Å². The number of hydrogen-bond acceptors (Lipinski definition) is 2. The lowest BCUT2D eigenvalue weighted by Gasteiger charge is -2.08. The number of benzene rings is 2. The Kier molecular flexibility index (Phi) is 7.09. The third-order valence-electron chi connectivity index (χ3n) is 3.30. The normalized spacial score (nSPS) is 11.4. The lowest BCUT2D eigenvalue weighted by molar-refractivity contribution is -0.121. The smallest absolute Gasteiger partial charge is 0.221 e. The number of nitrogens with one attached hydrogen (secondary N) is 1. The quantitative estimate of drug-likeness (QED) is 0.887. The average molecular weight is 319 g/mol. The molecule has 2 aromatic carbocycles. The molecule has 0 saturated heterocycles. The number of aryl methyl sites for hydroxylation is 1. The first-order valence-corrected chi connectivity index (χ1v) is 7.23. The zero-order valence-corrected chi connectivity index (χ0v) is 13.8. The molecule has 3 nitrogen and oxygen atoms in total. The molecular formula is C18H23ClN2O. The van der Waals surface area contributed by atoms with Crippen LogP contribution >= 0.6 is 12.4 Å². The molecule has 0 bridgehead atoms.